The van der Waals surface area contributed by atoms with Crippen LogP contribution in [0.5, 0.6) is 0 Å². The van der Waals surface area contributed by atoms with Crippen molar-refractivity contribution < 1.29 is 0 Å². The Morgan fingerprint density at radius 3 is 2.93 bits per heavy atom. The molecule has 0 bridgehead atoms. The molecule has 0 aliphatic carbocycles. The molecule has 0 radical (unpaired) electrons. The van der Waals surface area contributed by atoms with Crippen LogP contribution < -0.4 is 5.32 Å². The Morgan fingerprint density at radius 2 is 2.27 bits per heavy atom. The van der Waals surface area contributed by atoms with Gasteiger partial charge in [-0.2, -0.15) is 5.21 Å². The lowest BCUT2D eigenvalue weighted by atomic mass is 10.3. The maximum absolute atomic E-state index is 4.08. The number of tetrazole rings is 1. The molecule has 2 aromatic heterocycles. The summed E-state index contributed by atoms with van der Waals surface area (Å²) < 4.78 is 0. The van der Waals surface area contributed by atoms with Gasteiger partial charge in [0.05, 0.1) is 6.04 Å². The lowest BCUT2D eigenvalue weighted by Crippen LogP contribution is -2.10. The van der Waals surface area contributed by atoms with Gasteiger partial charge in [-0.3, -0.25) is 0 Å². The van der Waals surface area contributed by atoms with Crippen LogP contribution in [0.15, 0.2) is 12.4 Å². The summed E-state index contributed by atoms with van der Waals surface area (Å²) in [5.41, 5.74) is 0.910. The van der Waals surface area contributed by atoms with Gasteiger partial charge in [0.2, 0.25) is 0 Å². The van der Waals surface area contributed by atoms with Gasteiger partial charge >= 0.3 is 0 Å². The molecule has 0 amide bonds. The van der Waals surface area contributed by atoms with E-state index in [0.29, 0.717) is 5.82 Å². The molecule has 2 aromatic rings. The Labute approximate surface area is 86.3 Å². The van der Waals surface area contributed by atoms with Gasteiger partial charge in [-0.15, -0.1) is 10.2 Å². The van der Waals surface area contributed by atoms with Crippen molar-refractivity contribution in [2.75, 3.05) is 5.32 Å². The van der Waals surface area contributed by atoms with Gasteiger partial charge in [0.25, 0.3) is 0 Å². The number of nitrogens with zero attached hydrogens (tertiary/aromatic N) is 5. The Morgan fingerprint density at radius 1 is 1.40 bits per heavy atom. The summed E-state index contributed by atoms with van der Waals surface area (Å²) in [5.74, 6) is 1.35. The van der Waals surface area contributed by atoms with Gasteiger partial charge in [0, 0.05) is 11.8 Å². The van der Waals surface area contributed by atoms with Gasteiger partial charge in [0.15, 0.2) is 5.82 Å². The number of H-pyrrole nitrogens is 1. The predicted molar refractivity (Wildman–Crippen MR) is 53.0 cm³/mol. The number of aryl methyl sites for hydroxylation is 1. The third-order valence-electron chi connectivity index (χ3n) is 1.92. The zero-order valence-electron chi connectivity index (χ0n) is 8.47. The topological polar surface area (TPSA) is 92.3 Å². The van der Waals surface area contributed by atoms with Crippen molar-refractivity contribution in [1.29, 1.82) is 0 Å². The zero-order valence-corrected chi connectivity index (χ0v) is 8.47. The fourth-order valence-corrected chi connectivity index (χ4v) is 1.17. The normalized spacial score (nSPS) is 12.4. The molecule has 2 N–H and O–H groups in total. The molecule has 0 saturated carbocycles. The standard InChI is InChI=1S/C8H11N7/c1-5-3-7(10-4-9-5)11-6(2)8-12-14-15-13-8/h3-4,6H,1-2H3,(H,9,10,11)(H,12,13,14,15). The number of hydrogen-bond donors (Lipinski definition) is 2. The highest BCUT2D eigenvalue weighted by Gasteiger charge is 2.10. The van der Waals surface area contributed by atoms with Gasteiger partial charge in [-0.25, -0.2) is 9.97 Å². The summed E-state index contributed by atoms with van der Waals surface area (Å²) in [5, 5.41) is 16.8. The van der Waals surface area contributed by atoms with Crippen molar-refractivity contribution in [2.45, 2.75) is 19.9 Å². The quantitative estimate of drug-likeness (QED) is 0.756. The minimum absolute atomic E-state index is 0.0435. The second-order valence-electron chi connectivity index (χ2n) is 3.18. The average Bonchev–Trinajstić information content (AvgIpc) is 2.70. The van der Waals surface area contributed by atoms with E-state index in [1.807, 2.05) is 19.9 Å². The van der Waals surface area contributed by atoms with Crippen molar-refractivity contribution in [3.05, 3.63) is 23.9 Å². The molecule has 2 heterocycles. The molecule has 0 aromatic carbocycles. The highest BCUT2D eigenvalue weighted by Crippen LogP contribution is 2.12. The van der Waals surface area contributed by atoms with Gasteiger partial charge in [-0.05, 0) is 13.8 Å². The average molecular weight is 205 g/mol. The van der Waals surface area contributed by atoms with Gasteiger partial charge in [-0.1, -0.05) is 5.21 Å². The first-order valence-corrected chi connectivity index (χ1v) is 4.54. The lowest BCUT2D eigenvalue weighted by molar-refractivity contribution is 0.786. The first-order chi connectivity index (χ1) is 7.25. The molecule has 2 rings (SSSR count). The van der Waals surface area contributed by atoms with Crippen LogP contribution in [0.3, 0.4) is 0 Å². The smallest absolute Gasteiger partial charge is 0.196 e. The molecule has 15 heavy (non-hydrogen) atoms. The highest BCUT2D eigenvalue weighted by molar-refractivity contribution is 5.36. The van der Waals surface area contributed by atoms with E-state index in [1.54, 1.807) is 0 Å². The van der Waals surface area contributed by atoms with Crippen molar-refractivity contribution >= 4 is 5.82 Å². The van der Waals surface area contributed by atoms with E-state index < -0.39 is 0 Å². The van der Waals surface area contributed by atoms with Crippen LogP contribution in [0.25, 0.3) is 0 Å². The number of nitrogens with one attached hydrogen (secondary N) is 2. The molecule has 1 atom stereocenters. The minimum atomic E-state index is -0.0435. The second-order valence-corrected chi connectivity index (χ2v) is 3.18. The van der Waals surface area contributed by atoms with Crippen LogP contribution in [0.4, 0.5) is 5.82 Å². The molecule has 0 spiro atoms. The number of aromatic amines is 1. The van der Waals surface area contributed by atoms with Crippen LogP contribution in [0.1, 0.15) is 24.5 Å². The van der Waals surface area contributed by atoms with E-state index in [-0.39, 0.29) is 6.04 Å². The number of rotatable bonds is 3. The van der Waals surface area contributed by atoms with E-state index >= 15 is 0 Å². The molecular weight excluding hydrogens is 194 g/mol. The van der Waals surface area contributed by atoms with Crippen LogP contribution >= 0.6 is 0 Å². The molecule has 1 unspecified atom stereocenters. The maximum atomic E-state index is 4.08. The first kappa shape index (κ1) is 9.50. The summed E-state index contributed by atoms with van der Waals surface area (Å²) in [7, 11) is 0. The van der Waals surface area contributed by atoms with Crippen molar-refractivity contribution in [1.82, 2.24) is 30.6 Å². The molecule has 0 aliphatic rings. The highest BCUT2D eigenvalue weighted by atomic mass is 15.5. The Bertz CT molecular complexity index is 424. The molecular formula is C8H11N7. The molecule has 0 saturated heterocycles. The SMILES string of the molecule is Cc1cc(NC(C)c2nn[nH]n2)ncn1. The summed E-state index contributed by atoms with van der Waals surface area (Å²) in [6.07, 6.45) is 1.51. The van der Waals surface area contributed by atoms with E-state index in [1.165, 1.54) is 6.33 Å². The maximum Gasteiger partial charge on any atom is 0.196 e. The summed E-state index contributed by atoms with van der Waals surface area (Å²) >= 11 is 0. The van der Waals surface area contributed by atoms with E-state index in [4.69, 9.17) is 0 Å². The minimum Gasteiger partial charge on any atom is -0.360 e. The summed E-state index contributed by atoms with van der Waals surface area (Å²) in [6, 6.07) is 1.81. The Kier molecular flexibility index (Phi) is 2.53. The summed E-state index contributed by atoms with van der Waals surface area (Å²) in [6.45, 7) is 3.84. The van der Waals surface area contributed by atoms with Crippen LogP contribution in [-0.4, -0.2) is 30.6 Å². The van der Waals surface area contributed by atoms with Crippen molar-refractivity contribution in [3.63, 3.8) is 0 Å². The van der Waals surface area contributed by atoms with Crippen molar-refractivity contribution in [3.8, 4) is 0 Å². The fourth-order valence-electron chi connectivity index (χ4n) is 1.17. The van der Waals surface area contributed by atoms with Crippen LogP contribution in [0, 0.1) is 6.92 Å². The number of aromatic nitrogens is 6. The fraction of sp³-hybridized carbons (Fsp3) is 0.375. The van der Waals surface area contributed by atoms with E-state index in [9.17, 15) is 0 Å². The number of anilines is 1. The first-order valence-electron chi connectivity index (χ1n) is 4.54. The van der Waals surface area contributed by atoms with Crippen LogP contribution in [0.2, 0.25) is 0 Å². The second kappa shape index (κ2) is 3.99. The molecule has 78 valence electrons. The van der Waals surface area contributed by atoms with Gasteiger partial charge in [0.1, 0.15) is 12.1 Å². The van der Waals surface area contributed by atoms with E-state index in [0.717, 1.165) is 11.5 Å². The Balaban J connectivity index is 2.09. The summed E-state index contributed by atoms with van der Waals surface area (Å²) in [4.78, 5) is 8.09. The molecule has 0 aliphatic heterocycles. The monoisotopic (exact) mass is 205 g/mol. The van der Waals surface area contributed by atoms with Crippen LogP contribution in [-0.2, 0) is 0 Å². The lowest BCUT2D eigenvalue weighted by Gasteiger charge is -2.09. The molecule has 7 heteroatoms. The largest absolute Gasteiger partial charge is 0.360 e. The zero-order chi connectivity index (χ0) is 10.7. The van der Waals surface area contributed by atoms with Crippen molar-refractivity contribution in [2.24, 2.45) is 0 Å². The third kappa shape index (κ3) is 2.25. The van der Waals surface area contributed by atoms with E-state index in [2.05, 4.69) is 35.9 Å². The number of hydrogen-bond acceptors (Lipinski definition) is 6. The van der Waals surface area contributed by atoms with Gasteiger partial charge < -0.3 is 5.32 Å². The predicted octanol–water partition coefficient (Wildman–Crippen LogP) is 0.471. The Hall–Kier alpha value is -2.05. The third-order valence-corrected chi connectivity index (χ3v) is 1.92. The molecule has 0 fully saturated rings. The molecule has 7 nitrogen and oxygen atoms in total.